The van der Waals surface area contributed by atoms with Gasteiger partial charge in [0.15, 0.2) is 11.5 Å². The Kier molecular flexibility index (Phi) is 4.87. The predicted octanol–water partition coefficient (Wildman–Crippen LogP) is 3.18. The van der Waals surface area contributed by atoms with Crippen molar-refractivity contribution >= 4 is 28.6 Å². The zero-order valence-corrected chi connectivity index (χ0v) is 16.2. The molecule has 0 aliphatic rings. The fourth-order valence-electron chi connectivity index (χ4n) is 3.04. The number of nitrogens with zero attached hydrogens (tertiary/aromatic N) is 7. The number of pyridine rings is 1. The maximum atomic E-state index is 13.5. The van der Waals surface area contributed by atoms with Gasteiger partial charge in [-0.2, -0.15) is 23.1 Å². The van der Waals surface area contributed by atoms with Crippen molar-refractivity contribution in [1.29, 1.82) is 0 Å². The third-order valence-corrected chi connectivity index (χ3v) is 4.45. The lowest BCUT2D eigenvalue weighted by atomic mass is 9.96. The first-order valence-corrected chi connectivity index (χ1v) is 8.89. The second kappa shape index (κ2) is 7.41. The molecule has 4 aromatic rings. The number of nitrogen functional groups attached to an aromatic ring is 1. The summed E-state index contributed by atoms with van der Waals surface area (Å²) >= 11 is 0. The van der Waals surface area contributed by atoms with Crippen LogP contribution in [0.25, 0.3) is 11.0 Å². The van der Waals surface area contributed by atoms with Gasteiger partial charge in [0, 0.05) is 19.2 Å². The lowest BCUT2D eigenvalue weighted by Crippen LogP contribution is -2.14. The van der Waals surface area contributed by atoms with Gasteiger partial charge in [-0.15, -0.1) is 0 Å². The van der Waals surface area contributed by atoms with Crippen molar-refractivity contribution in [3.63, 3.8) is 0 Å². The normalized spacial score (nSPS) is 12.8. The fourth-order valence-corrected chi connectivity index (χ4v) is 3.04. The fraction of sp³-hybridized carbons (Fsp3) is 0.222. The molecule has 0 saturated heterocycles. The molecule has 160 valence electrons. The molecule has 9 nitrogen and oxygen atoms in total. The largest absolute Gasteiger partial charge is 0.433 e. The summed E-state index contributed by atoms with van der Waals surface area (Å²) < 4.78 is 55.5. The Morgan fingerprint density at radius 2 is 1.81 bits per heavy atom. The van der Waals surface area contributed by atoms with Gasteiger partial charge in [-0.05, 0) is 11.6 Å². The van der Waals surface area contributed by atoms with E-state index in [1.165, 1.54) is 6.33 Å². The second-order valence-corrected chi connectivity index (χ2v) is 6.75. The molecule has 0 bridgehead atoms. The number of nitrogens with two attached hydrogens (primary N) is 1. The van der Waals surface area contributed by atoms with Crippen molar-refractivity contribution in [2.45, 2.75) is 19.0 Å². The van der Waals surface area contributed by atoms with Crippen LogP contribution < -0.4 is 11.1 Å². The molecule has 31 heavy (non-hydrogen) atoms. The molecule has 0 fully saturated rings. The number of alkyl halides is 3. The number of aromatic nitrogens is 7. The number of fused-ring (bicyclic) bond motifs is 1. The van der Waals surface area contributed by atoms with Crippen molar-refractivity contribution in [2.75, 3.05) is 11.1 Å². The van der Waals surface area contributed by atoms with Crippen LogP contribution in [-0.4, -0.2) is 34.5 Å². The highest BCUT2D eigenvalue weighted by atomic mass is 19.4. The topological polar surface area (TPSA) is 120 Å². The van der Waals surface area contributed by atoms with Crippen LogP contribution in [0.4, 0.5) is 35.1 Å². The minimum absolute atomic E-state index is 0.114. The Hall–Kier alpha value is -3.90. The van der Waals surface area contributed by atoms with E-state index in [0.29, 0.717) is 5.82 Å². The van der Waals surface area contributed by atoms with Gasteiger partial charge >= 0.3 is 6.18 Å². The van der Waals surface area contributed by atoms with E-state index in [-0.39, 0.29) is 34.2 Å². The van der Waals surface area contributed by atoms with E-state index in [1.807, 2.05) is 0 Å². The number of hydrogen-bond donors (Lipinski definition) is 2. The van der Waals surface area contributed by atoms with Crippen LogP contribution in [0.1, 0.15) is 29.9 Å². The van der Waals surface area contributed by atoms with Crippen LogP contribution in [0.15, 0.2) is 31.0 Å². The molecule has 0 radical (unpaired) electrons. The van der Waals surface area contributed by atoms with E-state index >= 15 is 0 Å². The molecule has 0 spiro atoms. The highest BCUT2D eigenvalue weighted by Gasteiger charge is 2.35. The van der Waals surface area contributed by atoms with Gasteiger partial charge in [0.05, 0.1) is 24.1 Å². The maximum absolute atomic E-state index is 13.5. The van der Waals surface area contributed by atoms with Gasteiger partial charge in [-0.3, -0.25) is 0 Å². The number of anilines is 3. The summed E-state index contributed by atoms with van der Waals surface area (Å²) in [5.74, 6) is -1.09. The highest BCUT2D eigenvalue weighted by molar-refractivity contribution is 5.93. The third-order valence-electron chi connectivity index (χ3n) is 4.45. The number of aryl methyl sites for hydroxylation is 1. The van der Waals surface area contributed by atoms with Crippen LogP contribution >= 0.6 is 0 Å². The van der Waals surface area contributed by atoms with E-state index in [2.05, 4.69) is 35.2 Å². The number of nitrogens with one attached hydrogen (secondary N) is 1. The predicted molar refractivity (Wildman–Crippen MR) is 103 cm³/mol. The number of rotatable bonds is 4. The molecule has 1 atom stereocenters. The Balaban J connectivity index is 1.97. The van der Waals surface area contributed by atoms with Crippen LogP contribution in [0, 0.1) is 5.82 Å². The van der Waals surface area contributed by atoms with E-state index < -0.39 is 23.6 Å². The van der Waals surface area contributed by atoms with Crippen LogP contribution in [-0.2, 0) is 13.2 Å². The summed E-state index contributed by atoms with van der Waals surface area (Å²) in [4.78, 5) is 23.6. The van der Waals surface area contributed by atoms with Crippen molar-refractivity contribution in [3.8, 4) is 0 Å². The zero-order chi connectivity index (χ0) is 22.3. The molecular weight excluding hydrogens is 418 g/mol. The zero-order valence-electron chi connectivity index (χ0n) is 16.2. The molecule has 0 amide bonds. The quantitative estimate of drug-likeness (QED) is 0.471. The summed E-state index contributed by atoms with van der Waals surface area (Å²) in [7, 11) is 1.75. The average molecular weight is 433 g/mol. The first-order chi connectivity index (χ1) is 14.6. The summed E-state index contributed by atoms with van der Waals surface area (Å²) in [6, 6.07) is 0.878. The van der Waals surface area contributed by atoms with Gasteiger partial charge in [0.1, 0.15) is 23.2 Å². The first kappa shape index (κ1) is 20.4. The minimum atomic E-state index is -4.74. The van der Waals surface area contributed by atoms with Crippen LogP contribution in [0.2, 0.25) is 0 Å². The van der Waals surface area contributed by atoms with Crippen LogP contribution in [0.3, 0.4) is 0 Å². The molecule has 3 N–H and O–H groups in total. The molecule has 4 rings (SSSR count). The summed E-state index contributed by atoms with van der Waals surface area (Å²) in [6.07, 6.45) is 0.322. The highest BCUT2D eigenvalue weighted by Crippen LogP contribution is 2.37. The second-order valence-electron chi connectivity index (χ2n) is 6.75. The number of halogens is 4. The van der Waals surface area contributed by atoms with E-state index in [9.17, 15) is 17.6 Å². The molecule has 4 aromatic heterocycles. The lowest BCUT2D eigenvalue weighted by molar-refractivity contribution is -0.141. The van der Waals surface area contributed by atoms with Crippen LogP contribution in [0.5, 0.6) is 0 Å². The molecule has 0 aliphatic heterocycles. The van der Waals surface area contributed by atoms with Crippen molar-refractivity contribution < 1.29 is 17.6 Å². The van der Waals surface area contributed by atoms with E-state index in [0.717, 1.165) is 18.5 Å². The van der Waals surface area contributed by atoms with Gasteiger partial charge < -0.3 is 15.6 Å². The molecular formula is C18H15F4N9. The first-order valence-electron chi connectivity index (χ1n) is 8.89. The summed E-state index contributed by atoms with van der Waals surface area (Å²) in [5, 5.41) is 3.13. The SMILES string of the molecule is C[C@@H](c1ncc(F)cn1)c1cc(C(F)(F)F)nc2nc(N)nc(Nc3cn(C)cn3)c12. The number of imidazole rings is 1. The molecule has 0 saturated carbocycles. The van der Waals surface area contributed by atoms with Gasteiger partial charge in [-0.25, -0.2) is 24.3 Å². The maximum Gasteiger partial charge on any atom is 0.433 e. The van der Waals surface area contributed by atoms with Gasteiger partial charge in [0.2, 0.25) is 5.95 Å². The summed E-state index contributed by atoms with van der Waals surface area (Å²) in [6.45, 7) is 1.59. The Morgan fingerprint density at radius 3 is 2.42 bits per heavy atom. The molecule has 0 aromatic carbocycles. The third kappa shape index (κ3) is 4.06. The number of hydrogen-bond acceptors (Lipinski definition) is 8. The van der Waals surface area contributed by atoms with Crippen molar-refractivity contribution in [3.05, 3.63) is 53.9 Å². The lowest BCUT2D eigenvalue weighted by Gasteiger charge is -2.18. The van der Waals surface area contributed by atoms with Gasteiger partial charge in [-0.1, -0.05) is 6.92 Å². The van der Waals surface area contributed by atoms with E-state index in [4.69, 9.17) is 5.73 Å². The monoisotopic (exact) mass is 433 g/mol. The average Bonchev–Trinajstić information content (AvgIpc) is 3.10. The molecule has 0 unspecified atom stereocenters. The smallest absolute Gasteiger partial charge is 0.368 e. The van der Waals surface area contributed by atoms with Crippen molar-refractivity contribution in [1.82, 2.24) is 34.5 Å². The van der Waals surface area contributed by atoms with Gasteiger partial charge in [0.25, 0.3) is 0 Å². The minimum Gasteiger partial charge on any atom is -0.368 e. The molecule has 4 heterocycles. The summed E-state index contributed by atoms with van der Waals surface area (Å²) in [5.41, 5.74) is 4.44. The molecule has 13 heteroatoms. The van der Waals surface area contributed by atoms with Crippen molar-refractivity contribution in [2.24, 2.45) is 7.05 Å². The Morgan fingerprint density at radius 1 is 1.10 bits per heavy atom. The van der Waals surface area contributed by atoms with E-state index in [1.54, 1.807) is 24.7 Å². The Bertz CT molecular complexity index is 1250. The molecule has 0 aliphatic carbocycles. The Labute approximate surface area is 172 Å². The standard InChI is InChI=1S/C18H15F4N9/c1-8(14-24-4-9(19)5-25-14)10-3-11(18(20,21)22)27-15-13(10)16(30-17(23)29-15)28-12-6-31(2)7-26-12/h3-8H,1-2H3,(H3,23,27,28,29,30)/t8-/m1/s1.